The van der Waals surface area contributed by atoms with Crippen molar-refractivity contribution in [2.75, 3.05) is 43.1 Å². The van der Waals surface area contributed by atoms with Gasteiger partial charge in [-0.05, 0) is 30.2 Å². The summed E-state index contributed by atoms with van der Waals surface area (Å²) < 4.78 is 8.61. The quantitative estimate of drug-likeness (QED) is 0.682. The van der Waals surface area contributed by atoms with E-state index < -0.39 is 5.69 Å². The third-order valence-corrected chi connectivity index (χ3v) is 5.53. The predicted molar refractivity (Wildman–Crippen MR) is 118 cm³/mol. The van der Waals surface area contributed by atoms with Crippen molar-refractivity contribution in [2.24, 2.45) is 13.0 Å². The molecule has 4 rings (SSSR count). The first kappa shape index (κ1) is 20.1. The molecule has 0 atom stereocenters. The van der Waals surface area contributed by atoms with Gasteiger partial charge in [0.05, 0.1) is 7.11 Å². The zero-order chi connectivity index (χ0) is 21.4. The van der Waals surface area contributed by atoms with Crippen LogP contribution in [0.25, 0.3) is 11.2 Å². The maximum Gasteiger partial charge on any atom is 0.329 e. The fourth-order valence-electron chi connectivity index (χ4n) is 3.96. The van der Waals surface area contributed by atoms with Gasteiger partial charge in [0.15, 0.2) is 11.2 Å². The molecule has 160 valence electrons. The summed E-state index contributed by atoms with van der Waals surface area (Å²) in [7, 11) is 3.30. The van der Waals surface area contributed by atoms with Crippen molar-refractivity contribution in [2.45, 2.75) is 20.4 Å². The molecule has 3 heterocycles. The van der Waals surface area contributed by atoms with Crippen LogP contribution >= 0.6 is 0 Å². The minimum absolute atomic E-state index is 0.332. The lowest BCUT2D eigenvalue weighted by Gasteiger charge is -2.37. The second-order valence-corrected chi connectivity index (χ2v) is 8.08. The predicted octanol–water partition coefficient (Wildman–Crippen LogP) is 1.41. The largest absolute Gasteiger partial charge is 0.497 e. The Morgan fingerprint density at radius 1 is 1.07 bits per heavy atom. The van der Waals surface area contributed by atoms with E-state index in [9.17, 15) is 9.59 Å². The maximum atomic E-state index is 12.6. The van der Waals surface area contributed by atoms with Crippen molar-refractivity contribution in [3.63, 3.8) is 0 Å². The molecule has 1 aliphatic rings. The Bertz CT molecular complexity index is 1150. The second kappa shape index (κ2) is 7.89. The van der Waals surface area contributed by atoms with Crippen LogP contribution < -0.4 is 25.8 Å². The number of aromatic nitrogens is 4. The van der Waals surface area contributed by atoms with Crippen LogP contribution in [-0.4, -0.2) is 52.4 Å². The normalized spacial score (nSPS) is 14.7. The average molecular weight is 412 g/mol. The highest BCUT2D eigenvalue weighted by atomic mass is 16.5. The summed E-state index contributed by atoms with van der Waals surface area (Å²) in [6.45, 7) is 8.10. The van der Waals surface area contributed by atoms with E-state index in [1.165, 1.54) is 4.57 Å². The Kier molecular flexibility index (Phi) is 5.27. The van der Waals surface area contributed by atoms with Gasteiger partial charge in [0.25, 0.3) is 5.56 Å². The molecule has 30 heavy (non-hydrogen) atoms. The number of hydrogen-bond donors (Lipinski definition) is 1. The number of hydrogen-bond acceptors (Lipinski definition) is 6. The molecular formula is C21H28N6O3. The van der Waals surface area contributed by atoms with Crippen LogP contribution in [0.3, 0.4) is 0 Å². The van der Waals surface area contributed by atoms with Gasteiger partial charge in [0.1, 0.15) is 5.75 Å². The minimum Gasteiger partial charge on any atom is -0.497 e. The number of anilines is 2. The summed E-state index contributed by atoms with van der Waals surface area (Å²) in [4.78, 5) is 36.3. The van der Waals surface area contributed by atoms with Crippen molar-refractivity contribution >= 4 is 22.8 Å². The molecule has 2 aromatic heterocycles. The molecule has 3 aromatic rings. The van der Waals surface area contributed by atoms with Gasteiger partial charge in [0, 0.05) is 45.5 Å². The van der Waals surface area contributed by atoms with Gasteiger partial charge in [0.2, 0.25) is 5.95 Å². The number of methoxy groups -OCH3 is 1. The molecule has 1 aliphatic heterocycles. The summed E-state index contributed by atoms with van der Waals surface area (Å²) in [5.74, 6) is 1.92. The van der Waals surface area contributed by atoms with Crippen LogP contribution in [0.4, 0.5) is 11.6 Å². The van der Waals surface area contributed by atoms with E-state index in [1.54, 1.807) is 14.2 Å². The van der Waals surface area contributed by atoms with E-state index in [0.29, 0.717) is 23.6 Å². The third kappa shape index (κ3) is 3.55. The number of nitrogens with zero attached hydrogens (tertiary/aromatic N) is 5. The Balaban J connectivity index is 1.65. The van der Waals surface area contributed by atoms with Crippen molar-refractivity contribution in [1.29, 1.82) is 0 Å². The zero-order valence-electron chi connectivity index (χ0n) is 17.9. The first-order valence-electron chi connectivity index (χ1n) is 10.2. The first-order chi connectivity index (χ1) is 14.4. The van der Waals surface area contributed by atoms with Crippen LogP contribution in [0, 0.1) is 5.92 Å². The first-order valence-corrected chi connectivity index (χ1v) is 10.2. The van der Waals surface area contributed by atoms with Crippen LogP contribution in [0.2, 0.25) is 0 Å². The molecule has 0 radical (unpaired) electrons. The number of piperazine rings is 1. The summed E-state index contributed by atoms with van der Waals surface area (Å²) in [5, 5.41) is 0. The van der Waals surface area contributed by atoms with Crippen molar-refractivity contribution in [3.8, 4) is 5.75 Å². The summed E-state index contributed by atoms with van der Waals surface area (Å²) in [6, 6.07) is 8.07. The molecule has 0 aliphatic carbocycles. The van der Waals surface area contributed by atoms with Gasteiger partial charge in [-0.25, -0.2) is 4.79 Å². The lowest BCUT2D eigenvalue weighted by molar-refractivity contribution is 0.415. The van der Waals surface area contributed by atoms with Gasteiger partial charge in [-0.1, -0.05) is 13.8 Å². The Morgan fingerprint density at radius 2 is 1.70 bits per heavy atom. The van der Waals surface area contributed by atoms with Crippen LogP contribution in [0.1, 0.15) is 13.8 Å². The maximum absolute atomic E-state index is 12.6. The second-order valence-electron chi connectivity index (χ2n) is 8.08. The number of nitrogens with one attached hydrogen (secondary N) is 1. The van der Waals surface area contributed by atoms with Gasteiger partial charge >= 0.3 is 5.69 Å². The van der Waals surface area contributed by atoms with Gasteiger partial charge in [-0.3, -0.25) is 14.3 Å². The smallest absolute Gasteiger partial charge is 0.329 e. The number of benzene rings is 1. The molecule has 1 saturated heterocycles. The number of aromatic amines is 1. The number of aryl methyl sites for hydroxylation is 1. The molecular weight excluding hydrogens is 384 g/mol. The standard InChI is InChI=1S/C21H28N6O3/c1-14(2)13-27-17-18(24(3)21(29)23-19(17)28)22-20(27)26-11-9-25(10-12-26)15-5-7-16(30-4)8-6-15/h5-8,14H,9-13H2,1-4H3,(H,23,28,29). The van der Waals surface area contributed by atoms with Gasteiger partial charge in [-0.15, -0.1) is 0 Å². The van der Waals surface area contributed by atoms with Crippen molar-refractivity contribution in [3.05, 3.63) is 45.1 Å². The molecule has 0 amide bonds. The number of fused-ring (bicyclic) bond motifs is 1. The Hall–Kier alpha value is -3.23. The van der Waals surface area contributed by atoms with E-state index in [-0.39, 0.29) is 5.56 Å². The molecule has 0 saturated carbocycles. The molecule has 1 N–H and O–H groups in total. The zero-order valence-corrected chi connectivity index (χ0v) is 17.9. The molecule has 0 spiro atoms. The van der Waals surface area contributed by atoms with E-state index in [0.717, 1.165) is 43.6 Å². The molecule has 0 bridgehead atoms. The van der Waals surface area contributed by atoms with E-state index >= 15 is 0 Å². The average Bonchev–Trinajstić information content (AvgIpc) is 3.11. The van der Waals surface area contributed by atoms with Crippen molar-refractivity contribution < 1.29 is 4.74 Å². The highest BCUT2D eigenvalue weighted by molar-refractivity contribution is 5.74. The highest BCUT2D eigenvalue weighted by Gasteiger charge is 2.25. The topological polar surface area (TPSA) is 88.4 Å². The van der Waals surface area contributed by atoms with E-state index in [4.69, 9.17) is 9.72 Å². The van der Waals surface area contributed by atoms with Crippen LogP contribution in [-0.2, 0) is 13.6 Å². The third-order valence-electron chi connectivity index (χ3n) is 5.53. The lowest BCUT2D eigenvalue weighted by Crippen LogP contribution is -2.47. The molecule has 9 nitrogen and oxygen atoms in total. The van der Waals surface area contributed by atoms with E-state index in [2.05, 4.69) is 40.8 Å². The number of rotatable bonds is 5. The van der Waals surface area contributed by atoms with Crippen LogP contribution in [0.5, 0.6) is 5.75 Å². The van der Waals surface area contributed by atoms with Gasteiger partial charge < -0.3 is 19.1 Å². The molecule has 1 fully saturated rings. The van der Waals surface area contributed by atoms with Crippen LogP contribution in [0.15, 0.2) is 33.9 Å². The monoisotopic (exact) mass is 412 g/mol. The van der Waals surface area contributed by atoms with Gasteiger partial charge in [-0.2, -0.15) is 4.98 Å². The summed E-state index contributed by atoms with van der Waals surface area (Å²) in [6.07, 6.45) is 0. The highest BCUT2D eigenvalue weighted by Crippen LogP contribution is 2.25. The molecule has 0 unspecified atom stereocenters. The summed E-state index contributed by atoms with van der Waals surface area (Å²) >= 11 is 0. The minimum atomic E-state index is -0.447. The fourth-order valence-corrected chi connectivity index (χ4v) is 3.96. The SMILES string of the molecule is COc1ccc(N2CCN(c3nc4c(c(=O)[nH]c(=O)n4C)n3CC(C)C)CC2)cc1. The fraction of sp³-hybridized carbons (Fsp3) is 0.476. The number of ether oxygens (including phenoxy) is 1. The Labute approximate surface area is 174 Å². The molecule has 1 aromatic carbocycles. The van der Waals surface area contributed by atoms with Crippen molar-refractivity contribution in [1.82, 2.24) is 19.1 Å². The van der Waals surface area contributed by atoms with E-state index in [1.807, 2.05) is 16.7 Å². The Morgan fingerprint density at radius 3 is 2.30 bits per heavy atom. The summed E-state index contributed by atoms with van der Waals surface area (Å²) in [5.41, 5.74) is 1.21. The number of imidazole rings is 1. The molecule has 9 heteroatoms. The number of H-pyrrole nitrogens is 1. The lowest BCUT2D eigenvalue weighted by atomic mass is 10.2.